The molecule has 3 aromatic rings. The smallest absolute Gasteiger partial charge is 0.123 e. The van der Waals surface area contributed by atoms with Gasteiger partial charge in [0.25, 0.3) is 0 Å². The molecule has 2 aromatic carbocycles. The number of aromatic nitrogens is 1. The summed E-state index contributed by atoms with van der Waals surface area (Å²) in [5.74, 6) is -0.142. The van der Waals surface area contributed by atoms with Gasteiger partial charge in [-0.3, -0.25) is 4.90 Å². The molecule has 3 heterocycles. The molecule has 3 heteroatoms. The summed E-state index contributed by atoms with van der Waals surface area (Å²) in [4.78, 5) is 2.58. The van der Waals surface area contributed by atoms with Gasteiger partial charge in [0.1, 0.15) is 5.82 Å². The van der Waals surface area contributed by atoms with Gasteiger partial charge in [-0.2, -0.15) is 0 Å². The molecule has 0 aliphatic carbocycles. The van der Waals surface area contributed by atoms with Crippen molar-refractivity contribution >= 4 is 10.9 Å². The fraction of sp³-hybridized carbons (Fsp3) is 0.364. The van der Waals surface area contributed by atoms with Crippen LogP contribution in [-0.4, -0.2) is 22.6 Å². The molecule has 1 aromatic heterocycles. The second kappa shape index (κ2) is 5.70. The van der Waals surface area contributed by atoms with Crippen LogP contribution in [0.5, 0.6) is 0 Å². The van der Waals surface area contributed by atoms with Crippen molar-refractivity contribution in [1.29, 1.82) is 0 Å². The Morgan fingerprint density at radius 2 is 1.96 bits per heavy atom. The lowest BCUT2D eigenvalue weighted by atomic mass is 9.97. The van der Waals surface area contributed by atoms with E-state index in [9.17, 15) is 4.39 Å². The van der Waals surface area contributed by atoms with E-state index in [0.717, 1.165) is 24.9 Å². The van der Waals surface area contributed by atoms with Gasteiger partial charge in [-0.1, -0.05) is 30.3 Å². The van der Waals surface area contributed by atoms with E-state index < -0.39 is 0 Å². The second-order valence-electron chi connectivity index (χ2n) is 7.53. The van der Waals surface area contributed by atoms with Crippen molar-refractivity contribution in [3.63, 3.8) is 0 Å². The molecule has 0 spiro atoms. The van der Waals surface area contributed by atoms with E-state index in [4.69, 9.17) is 0 Å². The highest BCUT2D eigenvalue weighted by atomic mass is 19.1. The van der Waals surface area contributed by atoms with E-state index in [2.05, 4.69) is 40.8 Å². The number of para-hydroxylation sites is 1. The minimum Gasteiger partial charge on any atom is -0.344 e. The monoisotopic (exact) mass is 334 g/mol. The topological polar surface area (TPSA) is 8.17 Å². The van der Waals surface area contributed by atoms with E-state index in [-0.39, 0.29) is 5.82 Å². The van der Waals surface area contributed by atoms with Gasteiger partial charge in [-0.25, -0.2) is 4.39 Å². The maximum Gasteiger partial charge on any atom is 0.123 e. The first kappa shape index (κ1) is 15.2. The molecule has 2 aliphatic heterocycles. The minimum atomic E-state index is -0.142. The van der Waals surface area contributed by atoms with Crippen molar-refractivity contribution in [3.8, 4) is 0 Å². The molecular formula is C22H23FN2. The van der Waals surface area contributed by atoms with Crippen LogP contribution in [0.15, 0.2) is 48.5 Å². The van der Waals surface area contributed by atoms with Gasteiger partial charge >= 0.3 is 0 Å². The zero-order chi connectivity index (χ0) is 17.0. The van der Waals surface area contributed by atoms with Gasteiger partial charge in [0.15, 0.2) is 0 Å². The number of halogens is 1. The van der Waals surface area contributed by atoms with E-state index in [1.165, 1.54) is 35.5 Å². The van der Waals surface area contributed by atoms with Crippen molar-refractivity contribution in [2.24, 2.45) is 0 Å². The number of rotatable bonds is 3. The summed E-state index contributed by atoms with van der Waals surface area (Å²) in [6, 6.07) is 17.1. The molecule has 0 amide bonds. The van der Waals surface area contributed by atoms with Gasteiger partial charge in [0.05, 0.1) is 0 Å². The van der Waals surface area contributed by atoms with Gasteiger partial charge in [0.2, 0.25) is 0 Å². The Labute approximate surface area is 147 Å². The molecule has 25 heavy (non-hydrogen) atoms. The summed E-state index contributed by atoms with van der Waals surface area (Å²) in [6.07, 6.45) is 4.58. The number of hydrogen-bond acceptors (Lipinski definition) is 1. The highest BCUT2D eigenvalue weighted by Gasteiger charge is 2.40. The second-order valence-corrected chi connectivity index (χ2v) is 7.53. The Morgan fingerprint density at radius 1 is 1.08 bits per heavy atom. The van der Waals surface area contributed by atoms with Crippen LogP contribution >= 0.6 is 0 Å². The van der Waals surface area contributed by atoms with Crippen molar-refractivity contribution < 1.29 is 4.39 Å². The van der Waals surface area contributed by atoms with Gasteiger partial charge in [0, 0.05) is 41.6 Å². The first-order valence-electron chi connectivity index (χ1n) is 9.29. The third-order valence-corrected chi connectivity index (χ3v) is 6.24. The third-order valence-electron chi connectivity index (χ3n) is 6.24. The predicted octanol–water partition coefficient (Wildman–Crippen LogP) is 4.71. The fourth-order valence-corrected chi connectivity index (χ4v) is 4.99. The summed E-state index contributed by atoms with van der Waals surface area (Å²) in [6.45, 7) is 0.919. The molecule has 5 rings (SSSR count). The molecule has 128 valence electrons. The summed E-state index contributed by atoms with van der Waals surface area (Å²) >= 11 is 0. The highest BCUT2D eigenvalue weighted by Crippen LogP contribution is 2.46. The van der Waals surface area contributed by atoms with Crippen LogP contribution in [0.25, 0.3) is 10.9 Å². The molecule has 1 saturated heterocycles. The van der Waals surface area contributed by atoms with E-state index >= 15 is 0 Å². The average molecular weight is 334 g/mol. The van der Waals surface area contributed by atoms with Gasteiger partial charge in [-0.15, -0.1) is 0 Å². The van der Waals surface area contributed by atoms with Crippen LogP contribution in [0.1, 0.15) is 35.7 Å². The molecule has 2 aliphatic rings. The Bertz CT molecular complexity index is 942. The molecule has 0 N–H and O–H groups in total. The normalized spacial score (nSPS) is 22.5. The molecule has 2 atom stereocenters. The number of fused-ring (bicyclic) bond motifs is 6. The molecule has 0 saturated carbocycles. The minimum absolute atomic E-state index is 0.142. The predicted molar refractivity (Wildman–Crippen MR) is 99.3 cm³/mol. The van der Waals surface area contributed by atoms with Crippen LogP contribution < -0.4 is 0 Å². The lowest BCUT2D eigenvalue weighted by Crippen LogP contribution is -2.34. The summed E-state index contributed by atoms with van der Waals surface area (Å²) < 4.78 is 16.0. The van der Waals surface area contributed by atoms with E-state index in [0.29, 0.717) is 12.1 Å². The average Bonchev–Trinajstić information content (AvgIpc) is 3.04. The zero-order valence-corrected chi connectivity index (χ0v) is 14.6. The summed E-state index contributed by atoms with van der Waals surface area (Å²) in [5, 5.41) is 1.41. The lowest BCUT2D eigenvalue weighted by molar-refractivity contribution is 0.222. The SMILES string of the molecule is CN1C2CCC1c1c(n(CCc3cccc(F)c3)c3ccccc13)C2. The largest absolute Gasteiger partial charge is 0.344 e. The van der Waals surface area contributed by atoms with E-state index in [1.807, 2.05) is 12.1 Å². The van der Waals surface area contributed by atoms with Crippen LogP contribution in [-0.2, 0) is 19.4 Å². The van der Waals surface area contributed by atoms with Gasteiger partial charge in [-0.05, 0) is 55.6 Å². The molecule has 2 bridgehead atoms. The number of nitrogens with zero attached hydrogens (tertiary/aromatic N) is 2. The van der Waals surface area contributed by atoms with Crippen LogP contribution in [0.3, 0.4) is 0 Å². The molecule has 0 radical (unpaired) electrons. The van der Waals surface area contributed by atoms with Crippen molar-refractivity contribution in [2.45, 2.75) is 44.3 Å². The number of aryl methyl sites for hydroxylation is 2. The van der Waals surface area contributed by atoms with Crippen molar-refractivity contribution in [1.82, 2.24) is 9.47 Å². The highest BCUT2D eigenvalue weighted by molar-refractivity contribution is 5.86. The third kappa shape index (κ3) is 2.33. The maximum absolute atomic E-state index is 13.5. The molecule has 1 fully saturated rings. The first-order chi connectivity index (χ1) is 12.2. The van der Waals surface area contributed by atoms with Crippen LogP contribution in [0.4, 0.5) is 4.39 Å². The zero-order valence-electron chi connectivity index (χ0n) is 14.6. The molecular weight excluding hydrogens is 311 g/mol. The molecule has 2 nitrogen and oxygen atoms in total. The number of likely N-dealkylation sites (N-methyl/N-ethyl adjacent to an activating group) is 1. The Kier molecular flexibility index (Phi) is 3.46. The Balaban J connectivity index is 1.58. The maximum atomic E-state index is 13.5. The van der Waals surface area contributed by atoms with Crippen LogP contribution in [0, 0.1) is 5.82 Å². The lowest BCUT2D eigenvalue weighted by Gasteiger charge is -2.32. The van der Waals surface area contributed by atoms with E-state index in [1.54, 1.807) is 11.6 Å². The van der Waals surface area contributed by atoms with Gasteiger partial charge < -0.3 is 4.57 Å². The number of benzene rings is 2. The van der Waals surface area contributed by atoms with Crippen molar-refractivity contribution in [2.75, 3.05) is 7.05 Å². The number of hydrogen-bond donors (Lipinski definition) is 0. The fourth-order valence-electron chi connectivity index (χ4n) is 4.99. The standard InChI is InChI=1S/C22H23FN2/c1-24-17-9-10-20(24)22-18-7-2-3-8-19(18)25(21(22)14-17)12-11-15-5-4-6-16(23)13-15/h2-8,13,17,20H,9-12,14H2,1H3. The summed E-state index contributed by atoms with van der Waals surface area (Å²) in [5.41, 5.74) is 5.47. The first-order valence-corrected chi connectivity index (χ1v) is 9.29. The molecule has 2 unspecified atom stereocenters. The Morgan fingerprint density at radius 3 is 2.84 bits per heavy atom. The Hall–Kier alpha value is -2.13. The van der Waals surface area contributed by atoms with Crippen LogP contribution in [0.2, 0.25) is 0 Å². The quantitative estimate of drug-likeness (QED) is 0.673. The van der Waals surface area contributed by atoms with Crippen molar-refractivity contribution in [3.05, 3.63) is 71.2 Å². The summed E-state index contributed by atoms with van der Waals surface area (Å²) in [7, 11) is 2.28.